The molecular weight excluding hydrogens is 794 g/mol. The van der Waals surface area contributed by atoms with Gasteiger partial charge in [-0.25, -0.2) is 23.1 Å². The Labute approximate surface area is 342 Å². The first-order chi connectivity index (χ1) is 28.8. The third-order valence-corrected chi connectivity index (χ3v) is 14.9. The van der Waals surface area contributed by atoms with Crippen molar-refractivity contribution in [1.29, 1.82) is 0 Å². The molecule has 1 N–H and O–H groups in total. The Morgan fingerprint density at radius 1 is 0.847 bits per heavy atom. The van der Waals surface area contributed by atoms with E-state index in [-0.39, 0.29) is 34.4 Å². The molecule has 2 aromatic heterocycles. The van der Waals surface area contributed by atoms with Crippen LogP contribution in [0.2, 0.25) is 0 Å². The molecule has 3 aliphatic rings. The van der Waals surface area contributed by atoms with Crippen LogP contribution in [0, 0.1) is 0 Å². The van der Waals surface area contributed by atoms with Gasteiger partial charge in [0.25, 0.3) is 14.1 Å². The lowest BCUT2D eigenvalue weighted by Gasteiger charge is -2.37. The van der Waals surface area contributed by atoms with E-state index in [2.05, 4.69) is 19.6 Å². The highest BCUT2D eigenvalue weighted by Crippen LogP contribution is 2.58. The number of rotatable bonds is 14. The molecule has 306 valence electrons. The third kappa shape index (κ3) is 7.57. The second-order valence-electron chi connectivity index (χ2n) is 14.7. The molecule has 0 unspecified atom stereocenters. The van der Waals surface area contributed by atoms with Crippen LogP contribution in [-0.4, -0.2) is 90.1 Å². The van der Waals surface area contributed by atoms with Crippen molar-refractivity contribution in [2.45, 2.75) is 60.3 Å². The number of hydrogen-bond donors (Lipinski definition) is 1. The average Bonchev–Trinajstić information content (AvgIpc) is 4.08. The van der Waals surface area contributed by atoms with Gasteiger partial charge in [0.15, 0.2) is 21.0 Å². The van der Waals surface area contributed by atoms with Crippen molar-refractivity contribution in [2.24, 2.45) is 0 Å². The predicted molar refractivity (Wildman–Crippen MR) is 220 cm³/mol. The zero-order valence-electron chi connectivity index (χ0n) is 32.5. The summed E-state index contributed by atoms with van der Waals surface area (Å²) in [4.78, 5) is 24.3. The number of sulfone groups is 1. The predicted octanol–water partition coefficient (Wildman–Crippen LogP) is 6.38. The molecule has 14 nitrogen and oxygen atoms in total. The van der Waals surface area contributed by atoms with E-state index in [1.54, 1.807) is 55.4 Å². The van der Waals surface area contributed by atoms with Gasteiger partial charge in [-0.2, -0.15) is 0 Å². The highest BCUT2D eigenvalue weighted by molar-refractivity contribution is 7.91. The zero-order valence-corrected chi connectivity index (χ0v) is 34.2. The second kappa shape index (κ2) is 16.6. The summed E-state index contributed by atoms with van der Waals surface area (Å²) in [6.07, 6.45) is 2.54. The van der Waals surface area contributed by atoms with Gasteiger partial charge in [0.2, 0.25) is 0 Å². The molecule has 6 aromatic rings. The molecule has 16 heteroatoms. The van der Waals surface area contributed by atoms with Crippen molar-refractivity contribution >= 4 is 29.5 Å². The van der Waals surface area contributed by atoms with Crippen molar-refractivity contribution < 1.29 is 36.4 Å². The summed E-state index contributed by atoms with van der Waals surface area (Å²) < 4.78 is 69.9. The summed E-state index contributed by atoms with van der Waals surface area (Å²) >= 11 is 0. The van der Waals surface area contributed by atoms with Gasteiger partial charge >= 0.3 is 0 Å². The van der Waals surface area contributed by atoms with Crippen molar-refractivity contribution in [3.8, 4) is 11.5 Å². The lowest BCUT2D eigenvalue weighted by atomic mass is 9.80. The normalized spacial score (nSPS) is 23.4. The molecule has 3 saturated heterocycles. The average molecular weight is 838 g/mol. The van der Waals surface area contributed by atoms with Gasteiger partial charge in [0, 0.05) is 19.0 Å². The molecule has 0 radical (unpaired) electrons. The van der Waals surface area contributed by atoms with E-state index in [4.69, 9.17) is 28.0 Å². The molecular formula is C43H44N5O9PS. The van der Waals surface area contributed by atoms with Gasteiger partial charge in [0.1, 0.15) is 29.4 Å². The smallest absolute Gasteiger partial charge is 0.278 e. The van der Waals surface area contributed by atoms with Gasteiger partial charge < -0.3 is 33.0 Å². The fourth-order valence-corrected chi connectivity index (χ4v) is 12.0. The number of hydrogen-bond acceptors (Lipinski definition) is 12. The third-order valence-electron chi connectivity index (χ3n) is 11.3. The number of aromatic nitrogens is 4. The molecule has 3 fully saturated rings. The Hall–Kier alpha value is -4.99. The fourth-order valence-electron chi connectivity index (χ4n) is 8.37. The Morgan fingerprint density at radius 2 is 1.49 bits per heavy atom. The number of benzene rings is 4. The van der Waals surface area contributed by atoms with Crippen LogP contribution < -0.4 is 15.0 Å². The molecule has 3 aliphatic heterocycles. The molecule has 0 saturated carbocycles. The molecule has 0 bridgehead atoms. The quantitative estimate of drug-likeness (QED) is 0.0956. The number of aromatic amines is 1. The first-order valence-corrected chi connectivity index (χ1v) is 22.3. The standard InChI is InChI=1S/C43H44N5O9PS/c1-52-32-19-15-30(16-20-32)43(29-10-5-3-6-11-29,31-17-21-33(53-2)22-18-31)54-25-37-36(24-39(55-37)47-28-46-40-41(47)44-27-45-42(40)49)56-58-48-23-9-14-35(48)38(57-58)26-59(50,51)34-12-7-4-8-13-34/h3-8,10-13,15-22,27-28,35-39H,9,14,23-26H2,1-2H3,(H,44,45,49)/t35-,36+,37-,38+,39-,58-/m1/s1. The van der Waals surface area contributed by atoms with Crippen molar-refractivity contribution in [1.82, 2.24) is 24.2 Å². The van der Waals surface area contributed by atoms with E-state index >= 15 is 0 Å². The highest BCUT2D eigenvalue weighted by Gasteiger charge is 2.51. The minimum Gasteiger partial charge on any atom is -0.497 e. The Morgan fingerprint density at radius 3 is 2.15 bits per heavy atom. The minimum absolute atomic E-state index is 0.0627. The maximum atomic E-state index is 13.6. The number of nitrogens with zero attached hydrogens (tertiary/aromatic N) is 4. The molecule has 6 atom stereocenters. The largest absolute Gasteiger partial charge is 0.497 e. The summed E-state index contributed by atoms with van der Waals surface area (Å²) in [5.41, 5.74) is 1.69. The van der Waals surface area contributed by atoms with Crippen LogP contribution in [0.5, 0.6) is 11.5 Å². The summed E-state index contributed by atoms with van der Waals surface area (Å²) in [5, 5.41) is 0. The molecule has 0 amide bonds. The number of ether oxygens (including phenoxy) is 4. The maximum absolute atomic E-state index is 13.6. The Balaban J connectivity index is 1.07. The summed E-state index contributed by atoms with van der Waals surface area (Å²) in [6, 6.07) is 34.0. The monoisotopic (exact) mass is 837 g/mol. The Kier molecular flexibility index (Phi) is 11.1. The van der Waals surface area contributed by atoms with Crippen LogP contribution in [0.4, 0.5) is 0 Å². The highest BCUT2D eigenvalue weighted by atomic mass is 32.2. The van der Waals surface area contributed by atoms with E-state index in [0.717, 1.165) is 36.1 Å². The van der Waals surface area contributed by atoms with Crippen LogP contribution >= 0.6 is 8.53 Å². The van der Waals surface area contributed by atoms with Crippen molar-refractivity contribution in [3.63, 3.8) is 0 Å². The van der Waals surface area contributed by atoms with Crippen molar-refractivity contribution in [3.05, 3.63) is 149 Å². The number of nitrogens with one attached hydrogen (secondary N) is 1. The van der Waals surface area contributed by atoms with Gasteiger partial charge in [0.05, 0.1) is 56.3 Å². The number of imidazole rings is 1. The minimum atomic E-state index is -3.62. The van der Waals surface area contributed by atoms with Gasteiger partial charge in [-0.15, -0.1) is 0 Å². The molecule has 59 heavy (non-hydrogen) atoms. The topological polar surface area (TPSA) is 156 Å². The first-order valence-electron chi connectivity index (χ1n) is 19.5. The summed E-state index contributed by atoms with van der Waals surface area (Å²) in [5.74, 6) is 1.26. The van der Waals surface area contributed by atoms with E-state index in [1.165, 1.54) is 6.33 Å². The fraction of sp³-hybridized carbons (Fsp3) is 0.326. The summed E-state index contributed by atoms with van der Waals surface area (Å²) in [7, 11) is -2.03. The zero-order chi connectivity index (χ0) is 40.6. The van der Waals surface area contributed by atoms with Crippen LogP contribution in [0.1, 0.15) is 42.2 Å². The van der Waals surface area contributed by atoms with Crippen LogP contribution in [-0.2, 0) is 34.0 Å². The molecule has 0 spiro atoms. The van der Waals surface area contributed by atoms with E-state index in [9.17, 15) is 13.2 Å². The second-order valence-corrected chi connectivity index (χ2v) is 18.2. The van der Waals surface area contributed by atoms with Gasteiger partial charge in [-0.3, -0.25) is 9.36 Å². The van der Waals surface area contributed by atoms with Crippen LogP contribution in [0.15, 0.2) is 132 Å². The SMILES string of the molecule is COc1ccc(C(OC[C@H]2O[C@@H](n3cnc4c(=O)[nH]cnc43)C[C@@H]2O[P@]2O[C@@H](CS(=O)(=O)c3ccccc3)[C@H]3CCCN32)(c2ccccc2)c2ccc(OC)cc2)cc1. The molecule has 5 heterocycles. The van der Waals surface area contributed by atoms with E-state index < -0.39 is 48.5 Å². The van der Waals surface area contributed by atoms with Gasteiger partial charge in [-0.05, 0) is 65.9 Å². The van der Waals surface area contributed by atoms with Crippen LogP contribution in [0.3, 0.4) is 0 Å². The number of methoxy groups -OCH3 is 2. The first kappa shape index (κ1) is 39.5. The van der Waals surface area contributed by atoms with Gasteiger partial charge in [-0.1, -0.05) is 72.8 Å². The number of fused-ring (bicyclic) bond motifs is 2. The Bertz CT molecular complexity index is 2500. The lowest BCUT2D eigenvalue weighted by Crippen LogP contribution is -2.38. The molecule has 0 aliphatic carbocycles. The molecule has 4 aromatic carbocycles. The maximum Gasteiger partial charge on any atom is 0.278 e. The lowest BCUT2D eigenvalue weighted by molar-refractivity contribution is -0.0906. The van der Waals surface area contributed by atoms with Crippen LogP contribution in [0.25, 0.3) is 11.2 Å². The van der Waals surface area contributed by atoms with Crippen molar-refractivity contribution in [2.75, 3.05) is 33.1 Å². The summed E-state index contributed by atoms with van der Waals surface area (Å²) in [6.45, 7) is 0.786. The van der Waals surface area contributed by atoms with E-state index in [1.807, 2.05) is 78.9 Å². The van der Waals surface area contributed by atoms with E-state index in [0.29, 0.717) is 23.6 Å². The molecule has 9 rings (SSSR count). The number of H-pyrrole nitrogens is 1.